The minimum absolute atomic E-state index is 0.0200. The zero-order chi connectivity index (χ0) is 26.5. The van der Waals surface area contributed by atoms with Crippen LogP contribution < -0.4 is 10.2 Å². The highest BCUT2D eigenvalue weighted by molar-refractivity contribution is 5.99. The van der Waals surface area contributed by atoms with E-state index in [1.807, 2.05) is 26.0 Å². The number of likely N-dealkylation sites (tertiary alicyclic amines) is 1. The summed E-state index contributed by atoms with van der Waals surface area (Å²) >= 11 is 0. The second-order valence-electron chi connectivity index (χ2n) is 10.2. The number of benzene rings is 1. The molecule has 1 aromatic rings. The molecular formula is C27H40N4O6. The van der Waals surface area contributed by atoms with Crippen LogP contribution in [0.1, 0.15) is 30.6 Å². The number of ether oxygens (including phenoxy) is 3. The maximum Gasteiger partial charge on any atom is 0.251 e. The minimum atomic E-state index is -0.748. The highest BCUT2D eigenvalue weighted by atomic mass is 16.5. The highest BCUT2D eigenvalue weighted by Crippen LogP contribution is 2.30. The molecule has 37 heavy (non-hydrogen) atoms. The largest absolute Gasteiger partial charge is 0.383 e. The number of carbonyl (C=O) groups excluding carboxylic acids is 3. The molecule has 1 aromatic carbocycles. The van der Waals surface area contributed by atoms with Gasteiger partial charge in [0.2, 0.25) is 5.91 Å². The van der Waals surface area contributed by atoms with Gasteiger partial charge in [-0.15, -0.1) is 0 Å². The summed E-state index contributed by atoms with van der Waals surface area (Å²) in [6.07, 6.45) is -0.112. The zero-order valence-corrected chi connectivity index (χ0v) is 22.4. The van der Waals surface area contributed by atoms with Crippen molar-refractivity contribution in [3.05, 3.63) is 29.8 Å². The van der Waals surface area contributed by atoms with Gasteiger partial charge in [-0.05, 0) is 30.2 Å². The van der Waals surface area contributed by atoms with E-state index in [0.717, 1.165) is 45.0 Å². The zero-order valence-electron chi connectivity index (χ0n) is 22.4. The maximum atomic E-state index is 13.6. The summed E-state index contributed by atoms with van der Waals surface area (Å²) in [6, 6.07) is 6.13. The number of hydrogen-bond donors (Lipinski definition) is 1. The van der Waals surface area contributed by atoms with Crippen molar-refractivity contribution in [2.75, 3.05) is 71.6 Å². The van der Waals surface area contributed by atoms with E-state index in [1.54, 1.807) is 31.3 Å². The fourth-order valence-corrected chi connectivity index (χ4v) is 5.41. The smallest absolute Gasteiger partial charge is 0.251 e. The molecule has 0 aromatic heterocycles. The summed E-state index contributed by atoms with van der Waals surface area (Å²) in [7, 11) is 3.28. The van der Waals surface area contributed by atoms with Crippen LogP contribution in [0.4, 0.5) is 5.69 Å². The lowest BCUT2D eigenvalue weighted by Gasteiger charge is -2.36. The van der Waals surface area contributed by atoms with E-state index >= 15 is 0 Å². The van der Waals surface area contributed by atoms with Crippen LogP contribution in [-0.4, -0.2) is 118 Å². The van der Waals surface area contributed by atoms with Gasteiger partial charge in [0.1, 0.15) is 30.9 Å². The van der Waals surface area contributed by atoms with Gasteiger partial charge in [-0.2, -0.15) is 0 Å². The Balaban J connectivity index is 1.40. The van der Waals surface area contributed by atoms with E-state index in [1.165, 1.54) is 0 Å². The standard InChI is InChI=1S/C27H40N4O6/c1-5-18(2)23(27(34)31-16-22(36-4)25-24(31)21(32)17-37-25)28-26(33)19-6-8-20(9-7-19)30-12-10-29(11-13-30)14-15-35-3/h6-9,18,22-25H,5,10-17H2,1-4H3,(H,28,33)/t18-,22+,23-,24+,25+/m0/s1. The second-order valence-corrected chi connectivity index (χ2v) is 10.2. The first-order valence-electron chi connectivity index (χ1n) is 13.2. The van der Waals surface area contributed by atoms with Gasteiger partial charge in [0.25, 0.3) is 5.91 Å². The number of methoxy groups -OCH3 is 2. The third-order valence-corrected chi connectivity index (χ3v) is 7.97. The molecule has 3 aliphatic rings. The van der Waals surface area contributed by atoms with E-state index in [0.29, 0.717) is 12.0 Å². The number of ketones is 1. The molecule has 10 heteroatoms. The fraction of sp³-hybridized carbons (Fsp3) is 0.667. The van der Waals surface area contributed by atoms with E-state index in [4.69, 9.17) is 14.2 Å². The molecular weight excluding hydrogens is 476 g/mol. The van der Waals surface area contributed by atoms with Crippen molar-refractivity contribution < 1.29 is 28.6 Å². The second kappa shape index (κ2) is 12.3. The molecule has 2 amide bonds. The third kappa shape index (κ3) is 5.98. The molecule has 0 saturated carbocycles. The van der Waals surface area contributed by atoms with Gasteiger partial charge in [-0.25, -0.2) is 0 Å². The van der Waals surface area contributed by atoms with Crippen molar-refractivity contribution in [3.63, 3.8) is 0 Å². The predicted molar refractivity (Wildman–Crippen MR) is 139 cm³/mol. The van der Waals surface area contributed by atoms with Gasteiger partial charge in [0.15, 0.2) is 5.78 Å². The Kier molecular flexibility index (Phi) is 9.17. The number of piperazine rings is 1. The van der Waals surface area contributed by atoms with Crippen LogP contribution in [0.5, 0.6) is 0 Å². The van der Waals surface area contributed by atoms with Gasteiger partial charge in [0, 0.05) is 58.2 Å². The van der Waals surface area contributed by atoms with Gasteiger partial charge < -0.3 is 29.3 Å². The Morgan fingerprint density at radius 2 is 1.84 bits per heavy atom. The van der Waals surface area contributed by atoms with Crippen LogP contribution in [0.3, 0.4) is 0 Å². The van der Waals surface area contributed by atoms with Crippen molar-refractivity contribution in [2.45, 2.75) is 44.6 Å². The normalized spacial score (nSPS) is 25.7. The van der Waals surface area contributed by atoms with Crippen molar-refractivity contribution >= 4 is 23.3 Å². The van der Waals surface area contributed by atoms with Crippen molar-refractivity contribution in [2.24, 2.45) is 5.92 Å². The summed E-state index contributed by atoms with van der Waals surface area (Å²) in [4.78, 5) is 45.6. The summed E-state index contributed by atoms with van der Waals surface area (Å²) in [5.41, 5.74) is 1.57. The minimum Gasteiger partial charge on any atom is -0.383 e. The number of hydrogen-bond acceptors (Lipinski definition) is 8. The molecule has 10 nitrogen and oxygen atoms in total. The monoisotopic (exact) mass is 516 g/mol. The molecule has 1 N–H and O–H groups in total. The van der Waals surface area contributed by atoms with E-state index in [-0.39, 0.29) is 42.8 Å². The van der Waals surface area contributed by atoms with Crippen LogP contribution >= 0.6 is 0 Å². The molecule has 0 unspecified atom stereocenters. The van der Waals surface area contributed by atoms with E-state index in [9.17, 15) is 14.4 Å². The van der Waals surface area contributed by atoms with Crippen LogP contribution in [0, 0.1) is 5.92 Å². The molecule has 0 aliphatic carbocycles. The number of nitrogens with zero attached hydrogens (tertiary/aromatic N) is 3. The first-order chi connectivity index (χ1) is 17.9. The summed E-state index contributed by atoms with van der Waals surface area (Å²) < 4.78 is 16.3. The van der Waals surface area contributed by atoms with Crippen LogP contribution in [0.15, 0.2) is 24.3 Å². The molecule has 0 bridgehead atoms. The third-order valence-electron chi connectivity index (χ3n) is 7.97. The molecule has 0 spiro atoms. The fourth-order valence-electron chi connectivity index (χ4n) is 5.41. The Labute approximate surface area is 219 Å². The Hall–Kier alpha value is -2.53. The van der Waals surface area contributed by atoms with Crippen LogP contribution in [0.2, 0.25) is 0 Å². The Morgan fingerprint density at radius 1 is 1.14 bits per heavy atom. The lowest BCUT2D eigenvalue weighted by molar-refractivity contribution is -0.139. The number of fused-ring (bicyclic) bond motifs is 1. The van der Waals surface area contributed by atoms with Gasteiger partial charge in [-0.1, -0.05) is 20.3 Å². The lowest BCUT2D eigenvalue weighted by atomic mass is 9.96. The molecule has 3 fully saturated rings. The molecule has 3 saturated heterocycles. The molecule has 3 aliphatic heterocycles. The first kappa shape index (κ1) is 27.5. The molecule has 0 radical (unpaired) electrons. The number of amides is 2. The molecule has 3 heterocycles. The Morgan fingerprint density at radius 3 is 2.46 bits per heavy atom. The molecule has 204 valence electrons. The quantitative estimate of drug-likeness (QED) is 0.487. The molecule has 4 rings (SSSR count). The average Bonchev–Trinajstić information content (AvgIpc) is 3.50. The SMILES string of the molecule is CC[C@H](C)[C@H](NC(=O)c1ccc(N2CCN(CCOC)CC2)cc1)C(=O)N1C[C@@H](OC)[C@H]2OCC(=O)[C@H]21. The number of anilines is 1. The summed E-state index contributed by atoms with van der Waals surface area (Å²) in [5, 5.41) is 2.96. The number of carbonyl (C=O) groups is 3. The summed E-state index contributed by atoms with van der Waals surface area (Å²) in [5.74, 6) is -0.800. The first-order valence-corrected chi connectivity index (χ1v) is 13.2. The van der Waals surface area contributed by atoms with Crippen molar-refractivity contribution in [1.29, 1.82) is 0 Å². The van der Waals surface area contributed by atoms with Gasteiger partial charge in [0.05, 0.1) is 13.2 Å². The lowest BCUT2D eigenvalue weighted by Crippen LogP contribution is -2.54. The van der Waals surface area contributed by atoms with E-state index in [2.05, 4.69) is 15.1 Å². The summed E-state index contributed by atoms with van der Waals surface area (Å²) in [6.45, 7) is 9.62. The topological polar surface area (TPSA) is 101 Å². The van der Waals surface area contributed by atoms with Crippen LogP contribution in [0.25, 0.3) is 0 Å². The van der Waals surface area contributed by atoms with Crippen molar-refractivity contribution in [3.8, 4) is 0 Å². The maximum absolute atomic E-state index is 13.6. The predicted octanol–water partition coefficient (Wildman–Crippen LogP) is 0.793. The Bertz CT molecular complexity index is 949. The average molecular weight is 517 g/mol. The van der Waals surface area contributed by atoms with Crippen molar-refractivity contribution in [1.82, 2.24) is 15.1 Å². The van der Waals surface area contributed by atoms with Gasteiger partial charge in [-0.3, -0.25) is 19.3 Å². The highest BCUT2D eigenvalue weighted by Gasteiger charge is 2.53. The number of rotatable bonds is 10. The van der Waals surface area contributed by atoms with Gasteiger partial charge >= 0.3 is 0 Å². The van der Waals surface area contributed by atoms with E-state index < -0.39 is 18.2 Å². The molecule has 5 atom stereocenters. The number of nitrogens with one attached hydrogen (secondary N) is 1. The number of Topliss-reactive ketones (excluding diaryl/α,β-unsaturated/α-hetero) is 1. The van der Waals surface area contributed by atoms with Crippen LogP contribution in [-0.2, 0) is 23.8 Å².